The van der Waals surface area contributed by atoms with Crippen molar-refractivity contribution in [1.29, 1.82) is 0 Å². The zero-order valence-corrected chi connectivity index (χ0v) is 8.03. The zero-order chi connectivity index (χ0) is 8.65. The molecule has 1 heterocycles. The molecule has 1 aromatic heterocycles. The second-order valence-corrected chi connectivity index (χ2v) is 4.24. The molecule has 0 atom stereocenters. The molecule has 0 saturated carbocycles. The van der Waals surface area contributed by atoms with E-state index in [1.54, 1.807) is 10.9 Å². The maximum Gasteiger partial charge on any atom is 0.283 e. The van der Waals surface area contributed by atoms with Crippen LogP contribution in [0.2, 0.25) is 0 Å². The topological polar surface area (TPSA) is 34.9 Å². The molecule has 11 heavy (non-hydrogen) atoms. The average Bonchev–Trinajstić information content (AvgIpc) is 2.11. The van der Waals surface area contributed by atoms with Crippen LogP contribution < -0.4 is 5.56 Å². The maximum absolute atomic E-state index is 11.3. The molecule has 0 bridgehead atoms. The largest absolute Gasteiger partial charge is 0.283 e. The molecule has 0 saturated heterocycles. The standard InChI is InChI=1S/C7H12N2OS/c1-5-6(10)9(11-8-5)7(2,3)4/h1-4H3. The fraction of sp³-hybridized carbons (Fsp3) is 0.714. The van der Waals surface area contributed by atoms with E-state index in [1.807, 2.05) is 20.8 Å². The first-order valence-corrected chi connectivity index (χ1v) is 4.22. The van der Waals surface area contributed by atoms with Crippen LogP contribution in [0.1, 0.15) is 26.5 Å². The lowest BCUT2D eigenvalue weighted by molar-refractivity contribution is 0.418. The Kier molecular flexibility index (Phi) is 1.88. The SMILES string of the molecule is Cc1nsn(C(C)(C)C)c1=O. The Labute approximate surface area is 70.0 Å². The highest BCUT2D eigenvalue weighted by molar-refractivity contribution is 6.99. The fourth-order valence-corrected chi connectivity index (χ4v) is 1.49. The van der Waals surface area contributed by atoms with E-state index in [-0.39, 0.29) is 11.1 Å². The first-order chi connectivity index (χ1) is 4.93. The Hall–Kier alpha value is -0.640. The Bertz CT molecular complexity index is 305. The van der Waals surface area contributed by atoms with Gasteiger partial charge in [0.25, 0.3) is 5.56 Å². The zero-order valence-electron chi connectivity index (χ0n) is 7.21. The van der Waals surface area contributed by atoms with Crippen LogP contribution in [0.3, 0.4) is 0 Å². The highest BCUT2D eigenvalue weighted by atomic mass is 32.1. The third kappa shape index (κ3) is 1.50. The Morgan fingerprint density at radius 1 is 1.45 bits per heavy atom. The lowest BCUT2D eigenvalue weighted by Gasteiger charge is -2.16. The minimum atomic E-state index is -0.136. The van der Waals surface area contributed by atoms with Gasteiger partial charge in [0.1, 0.15) is 5.69 Å². The smallest absolute Gasteiger partial charge is 0.266 e. The van der Waals surface area contributed by atoms with E-state index in [0.717, 1.165) is 0 Å². The van der Waals surface area contributed by atoms with Crippen molar-refractivity contribution in [2.24, 2.45) is 0 Å². The third-order valence-electron chi connectivity index (χ3n) is 1.36. The molecule has 0 aliphatic rings. The van der Waals surface area contributed by atoms with Gasteiger partial charge >= 0.3 is 0 Å². The van der Waals surface area contributed by atoms with Gasteiger partial charge in [-0.15, -0.1) is 0 Å². The van der Waals surface area contributed by atoms with Crippen molar-refractivity contribution in [1.82, 2.24) is 8.33 Å². The van der Waals surface area contributed by atoms with Crippen LogP contribution in [0.25, 0.3) is 0 Å². The van der Waals surface area contributed by atoms with Gasteiger partial charge in [-0.1, -0.05) is 0 Å². The van der Waals surface area contributed by atoms with Gasteiger partial charge in [0, 0.05) is 11.7 Å². The van der Waals surface area contributed by atoms with Gasteiger partial charge < -0.3 is 0 Å². The van der Waals surface area contributed by atoms with Crippen LogP contribution >= 0.6 is 11.7 Å². The normalized spacial score (nSPS) is 12.0. The highest BCUT2D eigenvalue weighted by Gasteiger charge is 2.17. The van der Waals surface area contributed by atoms with Crippen molar-refractivity contribution < 1.29 is 0 Å². The fourth-order valence-electron chi connectivity index (χ4n) is 0.752. The summed E-state index contributed by atoms with van der Waals surface area (Å²) in [4.78, 5) is 11.3. The van der Waals surface area contributed by atoms with Crippen molar-refractivity contribution in [2.45, 2.75) is 33.2 Å². The van der Waals surface area contributed by atoms with Gasteiger partial charge in [0.15, 0.2) is 0 Å². The number of hydrogen-bond donors (Lipinski definition) is 0. The number of rotatable bonds is 0. The first-order valence-electron chi connectivity index (χ1n) is 3.49. The number of hydrogen-bond acceptors (Lipinski definition) is 3. The summed E-state index contributed by atoms with van der Waals surface area (Å²) >= 11 is 1.24. The molecular formula is C7H12N2OS. The molecule has 0 aliphatic carbocycles. The van der Waals surface area contributed by atoms with Crippen molar-refractivity contribution in [3.8, 4) is 0 Å². The lowest BCUT2D eigenvalue weighted by atomic mass is 10.1. The number of nitrogens with zero attached hydrogens (tertiary/aromatic N) is 2. The molecule has 0 fully saturated rings. The Morgan fingerprint density at radius 3 is 2.18 bits per heavy atom. The molecule has 1 aromatic rings. The third-order valence-corrected chi connectivity index (χ3v) is 2.59. The molecule has 3 nitrogen and oxygen atoms in total. The van der Waals surface area contributed by atoms with Gasteiger partial charge in [0.2, 0.25) is 0 Å². The Balaban J connectivity index is 3.27. The highest BCUT2D eigenvalue weighted by Crippen LogP contribution is 2.12. The lowest BCUT2D eigenvalue weighted by Crippen LogP contribution is -2.29. The van der Waals surface area contributed by atoms with Gasteiger partial charge in [-0.05, 0) is 27.7 Å². The summed E-state index contributed by atoms with van der Waals surface area (Å²) in [5.41, 5.74) is 0.482. The molecule has 0 unspecified atom stereocenters. The van der Waals surface area contributed by atoms with Crippen molar-refractivity contribution >= 4 is 11.7 Å². The average molecular weight is 172 g/mol. The van der Waals surface area contributed by atoms with Crippen LogP contribution in [0.5, 0.6) is 0 Å². The summed E-state index contributed by atoms with van der Waals surface area (Å²) in [5.74, 6) is 0. The molecule has 1 rings (SSSR count). The molecule has 0 N–H and O–H groups in total. The minimum absolute atomic E-state index is 0.0301. The summed E-state index contributed by atoms with van der Waals surface area (Å²) in [6, 6.07) is 0. The number of aromatic nitrogens is 2. The summed E-state index contributed by atoms with van der Waals surface area (Å²) in [6.07, 6.45) is 0. The van der Waals surface area contributed by atoms with Crippen LogP contribution in [0.4, 0.5) is 0 Å². The van der Waals surface area contributed by atoms with Crippen molar-refractivity contribution in [3.05, 3.63) is 16.0 Å². The Morgan fingerprint density at radius 2 is 2.00 bits per heavy atom. The molecule has 0 aromatic carbocycles. The van der Waals surface area contributed by atoms with Gasteiger partial charge in [-0.25, -0.2) is 3.96 Å². The van der Waals surface area contributed by atoms with Crippen molar-refractivity contribution in [2.75, 3.05) is 0 Å². The number of aryl methyl sites for hydroxylation is 1. The molecule has 0 aliphatic heterocycles. The van der Waals surface area contributed by atoms with E-state index in [4.69, 9.17) is 0 Å². The van der Waals surface area contributed by atoms with E-state index in [2.05, 4.69) is 4.37 Å². The van der Waals surface area contributed by atoms with E-state index in [9.17, 15) is 4.79 Å². The summed E-state index contributed by atoms with van der Waals surface area (Å²) in [7, 11) is 0. The van der Waals surface area contributed by atoms with E-state index < -0.39 is 0 Å². The molecule has 4 heteroatoms. The van der Waals surface area contributed by atoms with E-state index >= 15 is 0 Å². The van der Waals surface area contributed by atoms with Crippen LogP contribution in [-0.2, 0) is 5.54 Å². The monoisotopic (exact) mass is 172 g/mol. The van der Waals surface area contributed by atoms with Crippen molar-refractivity contribution in [3.63, 3.8) is 0 Å². The predicted molar refractivity (Wildman–Crippen MR) is 46.1 cm³/mol. The van der Waals surface area contributed by atoms with Gasteiger partial charge in [-0.2, -0.15) is 4.37 Å². The first kappa shape index (κ1) is 8.46. The predicted octanol–water partition coefficient (Wildman–Crippen LogP) is 1.37. The van der Waals surface area contributed by atoms with Gasteiger partial charge in [-0.3, -0.25) is 4.79 Å². The minimum Gasteiger partial charge on any atom is -0.266 e. The summed E-state index contributed by atoms with van der Waals surface area (Å²) < 4.78 is 5.66. The van der Waals surface area contributed by atoms with Crippen LogP contribution in [0, 0.1) is 6.92 Å². The molecule has 0 radical (unpaired) electrons. The second kappa shape index (κ2) is 2.44. The molecular weight excluding hydrogens is 160 g/mol. The molecule has 0 spiro atoms. The van der Waals surface area contributed by atoms with Crippen LogP contribution in [-0.4, -0.2) is 8.33 Å². The van der Waals surface area contributed by atoms with Gasteiger partial charge in [0.05, 0.1) is 5.54 Å². The van der Waals surface area contributed by atoms with E-state index in [1.165, 1.54) is 11.7 Å². The maximum atomic E-state index is 11.3. The van der Waals surface area contributed by atoms with Crippen LogP contribution in [0.15, 0.2) is 4.79 Å². The summed E-state index contributed by atoms with van der Waals surface area (Å²) in [5, 5.41) is 0. The molecule has 0 amide bonds. The second-order valence-electron chi connectivity index (χ2n) is 3.53. The quantitative estimate of drug-likeness (QED) is 0.592. The van der Waals surface area contributed by atoms with E-state index in [0.29, 0.717) is 5.69 Å². The summed E-state index contributed by atoms with van der Waals surface area (Å²) in [6.45, 7) is 7.71. The molecule has 62 valence electrons.